The minimum atomic E-state index is -0.518. The fourth-order valence-electron chi connectivity index (χ4n) is 3.02. The van der Waals surface area contributed by atoms with Gasteiger partial charge >= 0.3 is 0 Å². The number of benzene rings is 2. The van der Waals surface area contributed by atoms with Gasteiger partial charge in [-0.25, -0.2) is 4.39 Å². The first-order valence-corrected chi connectivity index (χ1v) is 8.59. The summed E-state index contributed by atoms with van der Waals surface area (Å²) < 4.78 is 18.4. The average molecular weight is 392 g/mol. The third kappa shape index (κ3) is 2.85. The van der Waals surface area contributed by atoms with Gasteiger partial charge in [-0.05, 0) is 49.2 Å². The van der Waals surface area contributed by atoms with Crippen molar-refractivity contribution < 1.29 is 13.7 Å². The summed E-state index contributed by atoms with van der Waals surface area (Å²) >= 11 is 12.8. The van der Waals surface area contributed by atoms with Crippen molar-refractivity contribution in [2.24, 2.45) is 0 Å². The number of nitrogens with one attached hydrogen (secondary N) is 1. The van der Waals surface area contributed by atoms with Gasteiger partial charge in [0, 0.05) is 26.9 Å². The van der Waals surface area contributed by atoms with E-state index in [0.717, 1.165) is 12.8 Å². The largest absolute Gasteiger partial charge is 0.334 e. The van der Waals surface area contributed by atoms with Crippen LogP contribution in [0.5, 0.6) is 0 Å². The number of rotatable bonds is 5. The third-order valence-electron chi connectivity index (χ3n) is 4.44. The van der Waals surface area contributed by atoms with E-state index in [1.807, 2.05) is 0 Å². The Hall–Kier alpha value is -2.44. The SMILES string of the molecule is O=CNc1cc(Cl)c(C2(c3noc(-c4ccc(F)cc4)n3)CC2)c(Cl)c1. The first kappa shape index (κ1) is 17.0. The van der Waals surface area contributed by atoms with Gasteiger partial charge in [0.25, 0.3) is 5.89 Å². The standard InChI is InChI=1S/C18H12Cl2FN3O2/c19-13-7-12(22-9-25)8-14(20)15(13)18(5-6-18)17-23-16(26-24-17)10-1-3-11(21)4-2-10/h1-4,7-9H,5-6H2,(H,22,25). The summed E-state index contributed by atoms with van der Waals surface area (Å²) in [6.45, 7) is 0. The molecule has 4 rings (SSSR count). The number of carbonyl (C=O) groups is 1. The van der Waals surface area contributed by atoms with E-state index in [1.54, 1.807) is 24.3 Å². The van der Waals surface area contributed by atoms with Gasteiger partial charge in [0.05, 0.1) is 5.41 Å². The molecule has 0 saturated heterocycles. The molecule has 1 aromatic heterocycles. The predicted octanol–water partition coefficient (Wildman–Crippen LogP) is 4.83. The number of hydrogen-bond donors (Lipinski definition) is 1. The maximum atomic E-state index is 13.1. The van der Waals surface area contributed by atoms with Crippen LogP contribution in [0.1, 0.15) is 24.2 Å². The molecule has 0 aliphatic heterocycles. The Morgan fingerprint density at radius 3 is 2.38 bits per heavy atom. The second-order valence-corrected chi connectivity index (χ2v) is 6.90. The van der Waals surface area contributed by atoms with Crippen LogP contribution in [-0.2, 0) is 10.2 Å². The second kappa shape index (κ2) is 6.37. The van der Waals surface area contributed by atoms with Gasteiger partial charge in [-0.3, -0.25) is 4.79 Å². The van der Waals surface area contributed by atoms with Crippen LogP contribution in [0.25, 0.3) is 11.5 Å². The number of amides is 1. The molecule has 1 aliphatic rings. The van der Waals surface area contributed by atoms with Crippen LogP contribution in [0, 0.1) is 5.82 Å². The molecular formula is C18H12Cl2FN3O2. The van der Waals surface area contributed by atoms with Crippen LogP contribution in [0.3, 0.4) is 0 Å². The Labute approximate surface area is 158 Å². The van der Waals surface area contributed by atoms with Crippen LogP contribution >= 0.6 is 23.2 Å². The Morgan fingerprint density at radius 1 is 1.15 bits per heavy atom. The van der Waals surface area contributed by atoms with Crippen molar-refractivity contribution in [1.82, 2.24) is 10.1 Å². The van der Waals surface area contributed by atoms with Gasteiger partial charge in [0.15, 0.2) is 5.82 Å². The topological polar surface area (TPSA) is 68.0 Å². The smallest absolute Gasteiger partial charge is 0.257 e. The summed E-state index contributed by atoms with van der Waals surface area (Å²) in [7, 11) is 0. The molecule has 1 aliphatic carbocycles. The lowest BCUT2D eigenvalue weighted by molar-refractivity contribution is -0.105. The van der Waals surface area contributed by atoms with E-state index in [2.05, 4.69) is 15.5 Å². The van der Waals surface area contributed by atoms with Gasteiger partial charge < -0.3 is 9.84 Å². The zero-order valence-corrected chi connectivity index (χ0v) is 14.8. The monoisotopic (exact) mass is 391 g/mol. The summed E-state index contributed by atoms with van der Waals surface area (Å²) in [5.74, 6) is 0.448. The lowest BCUT2D eigenvalue weighted by Gasteiger charge is -2.16. The fraction of sp³-hybridized carbons (Fsp3) is 0.167. The summed E-state index contributed by atoms with van der Waals surface area (Å²) in [5.41, 5.74) is 1.33. The molecule has 1 amide bonds. The van der Waals surface area contributed by atoms with Crippen molar-refractivity contribution in [3.8, 4) is 11.5 Å². The fourth-order valence-corrected chi connectivity index (χ4v) is 3.87. The zero-order valence-electron chi connectivity index (χ0n) is 13.3. The summed E-state index contributed by atoms with van der Waals surface area (Å²) in [6, 6.07) is 9.09. The molecule has 0 unspecified atom stereocenters. The Kier molecular flexibility index (Phi) is 4.17. The van der Waals surface area contributed by atoms with Gasteiger partial charge in [-0.2, -0.15) is 4.98 Å². The van der Waals surface area contributed by atoms with Gasteiger partial charge in [-0.1, -0.05) is 28.4 Å². The van der Waals surface area contributed by atoms with Crippen molar-refractivity contribution >= 4 is 35.3 Å². The van der Waals surface area contributed by atoms with E-state index in [1.165, 1.54) is 12.1 Å². The van der Waals surface area contributed by atoms with E-state index in [9.17, 15) is 9.18 Å². The molecule has 1 heterocycles. The highest BCUT2D eigenvalue weighted by atomic mass is 35.5. The van der Waals surface area contributed by atoms with E-state index < -0.39 is 5.41 Å². The first-order chi connectivity index (χ1) is 12.5. The Morgan fingerprint density at radius 2 is 1.81 bits per heavy atom. The highest BCUT2D eigenvalue weighted by Crippen LogP contribution is 2.56. The maximum Gasteiger partial charge on any atom is 0.257 e. The van der Waals surface area contributed by atoms with Gasteiger partial charge in [0.1, 0.15) is 5.82 Å². The van der Waals surface area contributed by atoms with Gasteiger partial charge in [-0.15, -0.1) is 0 Å². The Balaban J connectivity index is 1.72. The number of hydrogen-bond acceptors (Lipinski definition) is 4. The van der Waals surface area contributed by atoms with Crippen molar-refractivity contribution in [2.45, 2.75) is 18.3 Å². The van der Waals surface area contributed by atoms with Crippen LogP contribution in [0.2, 0.25) is 10.0 Å². The summed E-state index contributed by atoms with van der Waals surface area (Å²) in [4.78, 5) is 15.1. The van der Waals surface area contributed by atoms with E-state index in [0.29, 0.717) is 45.0 Å². The normalized spacial score (nSPS) is 14.9. The van der Waals surface area contributed by atoms with Gasteiger partial charge in [0.2, 0.25) is 6.41 Å². The molecule has 0 radical (unpaired) electrons. The number of carbonyl (C=O) groups excluding carboxylic acids is 1. The lowest BCUT2D eigenvalue weighted by Crippen LogP contribution is -2.13. The lowest BCUT2D eigenvalue weighted by atomic mass is 9.94. The molecule has 8 heteroatoms. The van der Waals surface area contributed by atoms with Crippen molar-refractivity contribution in [3.05, 3.63) is 63.6 Å². The van der Waals surface area contributed by atoms with E-state index >= 15 is 0 Å². The quantitative estimate of drug-likeness (QED) is 0.632. The van der Waals surface area contributed by atoms with E-state index in [-0.39, 0.29) is 5.82 Å². The molecule has 1 N–H and O–H groups in total. The number of aromatic nitrogens is 2. The van der Waals surface area contributed by atoms with Crippen LogP contribution < -0.4 is 5.32 Å². The highest BCUT2D eigenvalue weighted by molar-refractivity contribution is 6.37. The molecular weight excluding hydrogens is 380 g/mol. The molecule has 26 heavy (non-hydrogen) atoms. The molecule has 5 nitrogen and oxygen atoms in total. The molecule has 0 atom stereocenters. The molecule has 1 saturated carbocycles. The van der Waals surface area contributed by atoms with Crippen molar-refractivity contribution in [1.29, 1.82) is 0 Å². The van der Waals surface area contributed by atoms with Crippen molar-refractivity contribution in [2.75, 3.05) is 5.32 Å². The summed E-state index contributed by atoms with van der Waals surface area (Å²) in [6.07, 6.45) is 2.10. The van der Waals surface area contributed by atoms with Crippen LogP contribution in [-0.4, -0.2) is 16.6 Å². The molecule has 3 aromatic rings. The minimum absolute atomic E-state index is 0.303. The zero-order chi connectivity index (χ0) is 18.3. The highest BCUT2D eigenvalue weighted by Gasteiger charge is 2.52. The molecule has 2 aromatic carbocycles. The average Bonchev–Trinajstić information content (AvgIpc) is 3.23. The number of halogens is 3. The minimum Gasteiger partial charge on any atom is -0.334 e. The first-order valence-electron chi connectivity index (χ1n) is 7.83. The second-order valence-electron chi connectivity index (χ2n) is 6.09. The molecule has 1 fully saturated rings. The van der Waals surface area contributed by atoms with Crippen molar-refractivity contribution in [3.63, 3.8) is 0 Å². The molecule has 0 bridgehead atoms. The third-order valence-corrected chi connectivity index (χ3v) is 5.04. The van der Waals surface area contributed by atoms with Crippen LogP contribution in [0.15, 0.2) is 40.9 Å². The molecule has 0 spiro atoms. The number of anilines is 1. The van der Waals surface area contributed by atoms with E-state index in [4.69, 9.17) is 27.7 Å². The predicted molar refractivity (Wildman–Crippen MR) is 95.9 cm³/mol. The van der Waals surface area contributed by atoms with Crippen LogP contribution in [0.4, 0.5) is 10.1 Å². The molecule has 132 valence electrons. The Bertz CT molecular complexity index is 961. The number of nitrogens with zero attached hydrogens (tertiary/aromatic N) is 2. The maximum absolute atomic E-state index is 13.1. The summed E-state index contributed by atoms with van der Waals surface area (Å²) in [5, 5.41) is 7.47.